The van der Waals surface area contributed by atoms with Crippen molar-refractivity contribution >= 4 is 11.7 Å². The summed E-state index contributed by atoms with van der Waals surface area (Å²) in [6.45, 7) is 7.33. The molecule has 1 saturated heterocycles. The van der Waals surface area contributed by atoms with Crippen LogP contribution in [-0.4, -0.2) is 68.6 Å². The third-order valence-electron chi connectivity index (χ3n) is 4.82. The monoisotopic (exact) mass is 407 g/mol. The molecule has 1 aliphatic rings. The first-order valence-electron chi connectivity index (χ1n) is 10.1. The molecule has 0 aliphatic carbocycles. The lowest BCUT2D eigenvalue weighted by Gasteiger charge is -2.35. The summed E-state index contributed by atoms with van der Waals surface area (Å²) in [6.07, 6.45) is 3.19. The Morgan fingerprint density at radius 2 is 1.87 bits per heavy atom. The molecule has 0 unspecified atom stereocenters. The van der Waals surface area contributed by atoms with E-state index in [-0.39, 0.29) is 5.91 Å². The van der Waals surface area contributed by atoms with Gasteiger partial charge < -0.3 is 14.5 Å². The van der Waals surface area contributed by atoms with Gasteiger partial charge in [0.2, 0.25) is 5.88 Å². The van der Waals surface area contributed by atoms with Crippen molar-refractivity contribution in [3.63, 3.8) is 0 Å². The van der Waals surface area contributed by atoms with E-state index in [0.717, 1.165) is 11.5 Å². The lowest BCUT2D eigenvalue weighted by Crippen LogP contribution is -2.49. The smallest absolute Gasteiger partial charge is 0.276 e. The topological polar surface area (TPSA) is 89.3 Å². The standard InChI is InChI=1S/C21H25N7O2/c1-16(2)14-30-20-12-19(22-15-23-20)26-8-10-27(11-9-26)21(29)18-13-28(25-24-18)17-6-4-3-5-7-17/h3-7,12-13,15-16H,8-11,14H2,1-2H3. The summed E-state index contributed by atoms with van der Waals surface area (Å²) in [5.74, 6) is 1.70. The van der Waals surface area contributed by atoms with E-state index in [9.17, 15) is 4.79 Å². The first-order valence-corrected chi connectivity index (χ1v) is 10.1. The molecule has 1 amide bonds. The van der Waals surface area contributed by atoms with Crippen molar-refractivity contribution in [2.45, 2.75) is 13.8 Å². The van der Waals surface area contributed by atoms with Gasteiger partial charge in [0.25, 0.3) is 5.91 Å². The van der Waals surface area contributed by atoms with Gasteiger partial charge in [0, 0.05) is 32.2 Å². The number of rotatable bonds is 6. The molecule has 1 aliphatic heterocycles. The number of benzene rings is 1. The molecule has 156 valence electrons. The third kappa shape index (κ3) is 4.56. The molecule has 9 heteroatoms. The van der Waals surface area contributed by atoms with Crippen LogP contribution in [0.4, 0.5) is 5.82 Å². The van der Waals surface area contributed by atoms with Crippen LogP contribution in [0, 0.1) is 5.92 Å². The Kier molecular flexibility index (Phi) is 5.87. The van der Waals surface area contributed by atoms with E-state index in [1.54, 1.807) is 15.8 Å². The van der Waals surface area contributed by atoms with Gasteiger partial charge >= 0.3 is 0 Å². The molecule has 1 fully saturated rings. The number of carbonyl (C=O) groups excluding carboxylic acids is 1. The Morgan fingerprint density at radius 3 is 2.60 bits per heavy atom. The zero-order chi connectivity index (χ0) is 20.9. The summed E-state index contributed by atoms with van der Waals surface area (Å²) in [7, 11) is 0. The molecule has 4 rings (SSSR count). The summed E-state index contributed by atoms with van der Waals surface area (Å²) < 4.78 is 7.31. The fourth-order valence-corrected chi connectivity index (χ4v) is 3.20. The fraction of sp³-hybridized carbons (Fsp3) is 0.381. The number of carbonyl (C=O) groups is 1. The van der Waals surface area contributed by atoms with E-state index >= 15 is 0 Å². The van der Waals surface area contributed by atoms with Gasteiger partial charge in [0.1, 0.15) is 12.1 Å². The average molecular weight is 407 g/mol. The highest BCUT2D eigenvalue weighted by atomic mass is 16.5. The van der Waals surface area contributed by atoms with Crippen molar-refractivity contribution < 1.29 is 9.53 Å². The molecule has 0 spiro atoms. The fourth-order valence-electron chi connectivity index (χ4n) is 3.20. The molecule has 30 heavy (non-hydrogen) atoms. The summed E-state index contributed by atoms with van der Waals surface area (Å²) in [5, 5.41) is 8.14. The van der Waals surface area contributed by atoms with E-state index in [0.29, 0.717) is 50.3 Å². The van der Waals surface area contributed by atoms with Gasteiger partial charge in [-0.05, 0) is 18.1 Å². The van der Waals surface area contributed by atoms with Crippen LogP contribution in [0.1, 0.15) is 24.3 Å². The van der Waals surface area contributed by atoms with Gasteiger partial charge in [-0.25, -0.2) is 14.6 Å². The normalized spacial score (nSPS) is 14.2. The van der Waals surface area contributed by atoms with Crippen LogP contribution >= 0.6 is 0 Å². The zero-order valence-corrected chi connectivity index (χ0v) is 17.2. The van der Waals surface area contributed by atoms with Crippen molar-refractivity contribution in [2.24, 2.45) is 5.92 Å². The van der Waals surface area contributed by atoms with Gasteiger partial charge in [-0.1, -0.05) is 37.3 Å². The number of hydrogen-bond donors (Lipinski definition) is 0. The molecule has 0 radical (unpaired) electrons. The lowest BCUT2D eigenvalue weighted by molar-refractivity contribution is 0.0740. The number of amides is 1. The largest absolute Gasteiger partial charge is 0.477 e. The van der Waals surface area contributed by atoms with Gasteiger partial charge in [-0.2, -0.15) is 0 Å². The summed E-state index contributed by atoms with van der Waals surface area (Å²) in [6, 6.07) is 11.5. The number of ether oxygens (including phenoxy) is 1. The minimum absolute atomic E-state index is 0.111. The van der Waals surface area contributed by atoms with Crippen molar-refractivity contribution in [3.05, 3.63) is 54.6 Å². The minimum Gasteiger partial charge on any atom is -0.477 e. The second-order valence-corrected chi connectivity index (χ2v) is 7.58. The van der Waals surface area contributed by atoms with Gasteiger partial charge in [-0.3, -0.25) is 4.79 Å². The molecule has 3 heterocycles. The second kappa shape index (κ2) is 8.89. The van der Waals surface area contributed by atoms with Crippen LogP contribution in [0.15, 0.2) is 48.9 Å². The highest BCUT2D eigenvalue weighted by Crippen LogP contribution is 2.19. The van der Waals surface area contributed by atoms with Crippen LogP contribution in [0.5, 0.6) is 5.88 Å². The van der Waals surface area contributed by atoms with Crippen LogP contribution in [0.2, 0.25) is 0 Å². The molecule has 0 saturated carbocycles. The van der Waals surface area contributed by atoms with Crippen molar-refractivity contribution in [1.82, 2.24) is 29.9 Å². The molecule has 9 nitrogen and oxygen atoms in total. The Hall–Kier alpha value is -3.49. The molecule has 1 aromatic carbocycles. The predicted molar refractivity (Wildman–Crippen MR) is 112 cm³/mol. The number of nitrogens with zero attached hydrogens (tertiary/aromatic N) is 7. The molecule has 3 aromatic rings. The Bertz CT molecular complexity index is 982. The van der Waals surface area contributed by atoms with Crippen molar-refractivity contribution in [1.29, 1.82) is 0 Å². The number of para-hydroxylation sites is 1. The Labute approximate surface area is 175 Å². The Morgan fingerprint density at radius 1 is 1.10 bits per heavy atom. The van der Waals surface area contributed by atoms with Crippen LogP contribution in [0.3, 0.4) is 0 Å². The van der Waals surface area contributed by atoms with E-state index in [4.69, 9.17) is 4.74 Å². The average Bonchev–Trinajstić information content (AvgIpc) is 3.28. The quantitative estimate of drug-likeness (QED) is 0.618. The van der Waals surface area contributed by atoms with E-state index in [2.05, 4.69) is 39.0 Å². The van der Waals surface area contributed by atoms with Crippen LogP contribution < -0.4 is 9.64 Å². The van der Waals surface area contributed by atoms with Crippen LogP contribution in [-0.2, 0) is 0 Å². The number of anilines is 1. The number of hydrogen-bond acceptors (Lipinski definition) is 7. The molecule has 2 aromatic heterocycles. The summed E-state index contributed by atoms with van der Waals surface area (Å²) in [5.41, 5.74) is 1.21. The van der Waals surface area contributed by atoms with Crippen LogP contribution in [0.25, 0.3) is 5.69 Å². The van der Waals surface area contributed by atoms with Crippen molar-refractivity contribution in [2.75, 3.05) is 37.7 Å². The predicted octanol–water partition coefficient (Wildman–Crippen LogP) is 2.05. The molecule has 0 N–H and O–H groups in total. The zero-order valence-electron chi connectivity index (χ0n) is 17.2. The van der Waals surface area contributed by atoms with Gasteiger partial charge in [0.15, 0.2) is 5.69 Å². The molecule has 0 bridgehead atoms. The molecular formula is C21H25N7O2. The van der Waals surface area contributed by atoms with Gasteiger partial charge in [-0.15, -0.1) is 5.10 Å². The maximum absolute atomic E-state index is 12.8. The number of piperazine rings is 1. The first kappa shape index (κ1) is 19.8. The lowest BCUT2D eigenvalue weighted by atomic mass is 10.2. The second-order valence-electron chi connectivity index (χ2n) is 7.58. The van der Waals surface area contributed by atoms with Crippen molar-refractivity contribution in [3.8, 4) is 11.6 Å². The molecule has 0 atom stereocenters. The SMILES string of the molecule is CC(C)COc1cc(N2CCN(C(=O)c3cn(-c4ccccc4)nn3)CC2)ncn1. The maximum Gasteiger partial charge on any atom is 0.276 e. The minimum atomic E-state index is -0.111. The summed E-state index contributed by atoms with van der Waals surface area (Å²) in [4.78, 5) is 25.3. The highest BCUT2D eigenvalue weighted by molar-refractivity contribution is 5.92. The summed E-state index contributed by atoms with van der Waals surface area (Å²) >= 11 is 0. The highest BCUT2D eigenvalue weighted by Gasteiger charge is 2.25. The maximum atomic E-state index is 12.8. The van der Waals surface area contributed by atoms with E-state index in [1.807, 2.05) is 36.4 Å². The molecular weight excluding hydrogens is 382 g/mol. The number of aromatic nitrogens is 5. The third-order valence-corrected chi connectivity index (χ3v) is 4.82. The van der Waals surface area contributed by atoms with E-state index < -0.39 is 0 Å². The first-order chi connectivity index (χ1) is 14.6. The van der Waals surface area contributed by atoms with Gasteiger partial charge in [0.05, 0.1) is 18.5 Å². The van der Waals surface area contributed by atoms with E-state index in [1.165, 1.54) is 6.33 Å². The Balaban J connectivity index is 1.36.